The number of rotatable bonds is 9. The van der Waals surface area contributed by atoms with Crippen LogP contribution in [0.25, 0.3) is 0 Å². The molecule has 0 fully saturated rings. The van der Waals surface area contributed by atoms with Gasteiger partial charge in [0, 0.05) is 23.2 Å². The lowest BCUT2D eigenvalue weighted by Gasteiger charge is -2.23. The van der Waals surface area contributed by atoms with Gasteiger partial charge in [0.1, 0.15) is 17.5 Å². The number of carbonyl (C=O) groups is 3. The monoisotopic (exact) mass is 470 g/mol. The summed E-state index contributed by atoms with van der Waals surface area (Å²) >= 11 is 0. The van der Waals surface area contributed by atoms with Gasteiger partial charge in [-0.3, -0.25) is 14.9 Å². The van der Waals surface area contributed by atoms with Crippen LogP contribution in [0.1, 0.15) is 51.9 Å². The maximum Gasteiger partial charge on any atom is 0.321 e. The molecule has 4 amide bonds. The third-order valence-corrected chi connectivity index (χ3v) is 4.46. The average Bonchev–Trinajstić information content (AvgIpc) is 2.75. The third kappa shape index (κ3) is 7.99. The Morgan fingerprint density at radius 1 is 0.912 bits per heavy atom. The second kappa shape index (κ2) is 11.9. The van der Waals surface area contributed by atoms with Gasteiger partial charge in [0.2, 0.25) is 5.91 Å². The average molecular weight is 471 g/mol. The smallest absolute Gasteiger partial charge is 0.321 e. The van der Waals surface area contributed by atoms with Gasteiger partial charge in [-0.25, -0.2) is 4.79 Å². The Balaban J connectivity index is 2.26. The van der Waals surface area contributed by atoms with Gasteiger partial charge in [0.25, 0.3) is 5.91 Å². The summed E-state index contributed by atoms with van der Waals surface area (Å²) in [7, 11) is 0. The molecule has 0 radical (unpaired) electrons. The number of amides is 4. The summed E-state index contributed by atoms with van der Waals surface area (Å²) in [5.74, 6) is 0.0369. The summed E-state index contributed by atoms with van der Waals surface area (Å²) < 4.78 is 11.5. The van der Waals surface area contributed by atoms with E-state index in [0.717, 1.165) is 0 Å². The zero-order valence-corrected chi connectivity index (χ0v) is 20.6. The first-order chi connectivity index (χ1) is 16.0. The van der Waals surface area contributed by atoms with Crippen molar-refractivity contribution in [2.75, 3.05) is 23.8 Å². The molecule has 0 aliphatic carbocycles. The molecule has 0 bridgehead atoms. The number of benzene rings is 2. The van der Waals surface area contributed by atoms with Crippen molar-refractivity contribution in [2.24, 2.45) is 0 Å². The van der Waals surface area contributed by atoms with E-state index >= 15 is 0 Å². The Morgan fingerprint density at radius 2 is 1.47 bits per heavy atom. The molecular weight excluding hydrogens is 436 g/mol. The second-order valence-corrected chi connectivity index (χ2v) is 8.59. The van der Waals surface area contributed by atoms with Gasteiger partial charge in [-0.1, -0.05) is 18.2 Å². The Bertz CT molecular complexity index is 1000. The molecular formula is C25H34N4O5. The largest absolute Gasteiger partial charge is 0.492 e. The number of hydrogen-bond donors (Lipinski definition) is 4. The van der Waals surface area contributed by atoms with Gasteiger partial charge in [0.05, 0.1) is 24.6 Å². The second-order valence-electron chi connectivity index (χ2n) is 8.59. The van der Waals surface area contributed by atoms with Gasteiger partial charge in [-0.2, -0.15) is 0 Å². The number of carbonyl (C=O) groups excluding carboxylic acids is 3. The van der Waals surface area contributed by atoms with E-state index in [0.29, 0.717) is 41.7 Å². The molecule has 0 spiro atoms. The van der Waals surface area contributed by atoms with Crippen LogP contribution in [0, 0.1) is 0 Å². The van der Waals surface area contributed by atoms with Crippen LogP contribution in [-0.2, 0) is 4.79 Å². The highest BCUT2D eigenvalue weighted by atomic mass is 16.5. The lowest BCUT2D eigenvalue weighted by molar-refractivity contribution is -0.120. The highest BCUT2D eigenvalue weighted by Gasteiger charge is 2.22. The highest BCUT2D eigenvalue weighted by molar-refractivity contribution is 6.05. The molecule has 2 aromatic rings. The van der Waals surface area contributed by atoms with E-state index in [1.54, 1.807) is 43.3 Å². The molecule has 4 N–H and O–H groups in total. The van der Waals surface area contributed by atoms with Gasteiger partial charge in [0.15, 0.2) is 0 Å². The van der Waals surface area contributed by atoms with Gasteiger partial charge < -0.3 is 25.4 Å². The van der Waals surface area contributed by atoms with Crippen molar-refractivity contribution in [1.82, 2.24) is 10.6 Å². The van der Waals surface area contributed by atoms with Crippen LogP contribution in [0.2, 0.25) is 0 Å². The van der Waals surface area contributed by atoms with Crippen molar-refractivity contribution in [3.05, 3.63) is 48.0 Å². The number of nitrogens with one attached hydrogen (secondary N) is 4. The fourth-order valence-corrected chi connectivity index (χ4v) is 3.00. The zero-order chi connectivity index (χ0) is 25.3. The van der Waals surface area contributed by atoms with Crippen molar-refractivity contribution in [3.63, 3.8) is 0 Å². The lowest BCUT2D eigenvalue weighted by atomic mass is 10.1. The molecule has 0 saturated heterocycles. The van der Waals surface area contributed by atoms with Crippen molar-refractivity contribution in [1.29, 1.82) is 0 Å². The summed E-state index contributed by atoms with van der Waals surface area (Å²) in [5, 5.41) is 10.9. The topological polar surface area (TPSA) is 118 Å². The first-order valence-electron chi connectivity index (χ1n) is 11.2. The minimum absolute atomic E-state index is 0.290. The summed E-state index contributed by atoms with van der Waals surface area (Å²) in [6.07, 6.45) is 0. The van der Waals surface area contributed by atoms with Crippen LogP contribution < -0.4 is 30.7 Å². The molecule has 184 valence electrons. The Morgan fingerprint density at radius 3 is 2.03 bits per heavy atom. The quantitative estimate of drug-likeness (QED) is 0.437. The summed E-state index contributed by atoms with van der Waals surface area (Å²) in [6.45, 7) is 11.5. The summed E-state index contributed by atoms with van der Waals surface area (Å²) in [6, 6.07) is 10.8. The molecule has 2 aromatic carbocycles. The third-order valence-electron chi connectivity index (χ3n) is 4.46. The predicted octanol–water partition coefficient (Wildman–Crippen LogP) is 4.16. The van der Waals surface area contributed by atoms with Crippen LogP contribution in [0.4, 0.5) is 16.2 Å². The van der Waals surface area contributed by atoms with Gasteiger partial charge >= 0.3 is 6.03 Å². The van der Waals surface area contributed by atoms with Crippen molar-refractivity contribution in [2.45, 2.75) is 53.1 Å². The standard InChI is InChI=1S/C25H34N4O5/c1-7-33-20-15-19(27-23(31)17-12-10-9-11-13-17)21(34-8-2)14-18(20)26-16(3)22(30)28-24(32)29-25(4,5)6/h9-16,26H,7-8H2,1-6H3,(H,27,31)(H2,28,29,30,32). The normalized spacial score (nSPS) is 11.7. The molecule has 0 aliphatic heterocycles. The lowest BCUT2D eigenvalue weighted by Crippen LogP contribution is -2.51. The van der Waals surface area contributed by atoms with Crippen LogP contribution in [-0.4, -0.2) is 42.6 Å². The number of hydrogen-bond acceptors (Lipinski definition) is 6. The molecule has 0 aromatic heterocycles. The van der Waals surface area contributed by atoms with Crippen molar-refractivity contribution in [3.8, 4) is 11.5 Å². The maximum atomic E-state index is 12.7. The van der Waals surface area contributed by atoms with E-state index in [2.05, 4.69) is 21.3 Å². The molecule has 0 aliphatic rings. The summed E-state index contributed by atoms with van der Waals surface area (Å²) in [5.41, 5.74) is 0.951. The van der Waals surface area contributed by atoms with Crippen LogP contribution in [0.15, 0.2) is 42.5 Å². The van der Waals surface area contributed by atoms with Crippen LogP contribution in [0.5, 0.6) is 11.5 Å². The predicted molar refractivity (Wildman–Crippen MR) is 133 cm³/mol. The number of ether oxygens (including phenoxy) is 2. The maximum absolute atomic E-state index is 12.7. The van der Waals surface area contributed by atoms with Gasteiger partial charge in [-0.05, 0) is 53.7 Å². The Labute approximate surface area is 200 Å². The first-order valence-corrected chi connectivity index (χ1v) is 11.2. The Hall–Kier alpha value is -3.75. The number of urea groups is 1. The first kappa shape index (κ1) is 26.5. The minimum atomic E-state index is -0.760. The number of imide groups is 1. The molecule has 9 heteroatoms. The molecule has 9 nitrogen and oxygen atoms in total. The molecule has 0 heterocycles. The summed E-state index contributed by atoms with van der Waals surface area (Å²) in [4.78, 5) is 37.3. The van der Waals surface area contributed by atoms with Crippen molar-refractivity contribution >= 4 is 29.2 Å². The molecule has 0 saturated carbocycles. The molecule has 2 rings (SSSR count). The Kier molecular flexibility index (Phi) is 9.29. The fourth-order valence-electron chi connectivity index (χ4n) is 3.00. The number of anilines is 2. The van der Waals surface area contributed by atoms with E-state index in [1.807, 2.05) is 40.7 Å². The van der Waals surface area contributed by atoms with Crippen LogP contribution in [0.3, 0.4) is 0 Å². The zero-order valence-electron chi connectivity index (χ0n) is 20.6. The van der Waals surface area contributed by atoms with Crippen LogP contribution >= 0.6 is 0 Å². The fraction of sp³-hybridized carbons (Fsp3) is 0.400. The van der Waals surface area contributed by atoms with E-state index in [1.165, 1.54) is 0 Å². The van der Waals surface area contributed by atoms with E-state index in [-0.39, 0.29) is 5.91 Å². The van der Waals surface area contributed by atoms with Crippen molar-refractivity contribution < 1.29 is 23.9 Å². The molecule has 1 atom stereocenters. The van der Waals surface area contributed by atoms with E-state index in [9.17, 15) is 14.4 Å². The molecule has 1 unspecified atom stereocenters. The van der Waals surface area contributed by atoms with E-state index < -0.39 is 23.5 Å². The highest BCUT2D eigenvalue weighted by Crippen LogP contribution is 2.37. The minimum Gasteiger partial charge on any atom is -0.492 e. The SMILES string of the molecule is CCOc1cc(NC(C)C(=O)NC(=O)NC(C)(C)C)c(OCC)cc1NC(=O)c1ccccc1. The van der Waals surface area contributed by atoms with E-state index in [4.69, 9.17) is 9.47 Å². The van der Waals surface area contributed by atoms with Gasteiger partial charge in [-0.15, -0.1) is 0 Å². The molecule has 34 heavy (non-hydrogen) atoms.